The van der Waals surface area contributed by atoms with Crippen molar-refractivity contribution in [3.63, 3.8) is 0 Å². The van der Waals surface area contributed by atoms with E-state index in [0.29, 0.717) is 10.7 Å². The van der Waals surface area contributed by atoms with Crippen molar-refractivity contribution >= 4 is 45.9 Å². The van der Waals surface area contributed by atoms with Gasteiger partial charge in [-0.1, -0.05) is 31.2 Å². The lowest BCUT2D eigenvalue weighted by molar-refractivity contribution is 0.102. The maximum absolute atomic E-state index is 12.6. The number of thiazole rings is 1. The van der Waals surface area contributed by atoms with Crippen LogP contribution in [0.25, 0.3) is 11.3 Å². The average molecular weight is 385 g/mol. The largest absolute Gasteiger partial charge is 0.298 e. The van der Waals surface area contributed by atoms with Crippen LogP contribution in [0, 0.1) is 0 Å². The van der Waals surface area contributed by atoms with Crippen LogP contribution < -0.4 is 5.32 Å². The second-order valence-electron chi connectivity index (χ2n) is 5.49. The molecule has 1 aliphatic heterocycles. The Hall–Kier alpha value is -1.76. The summed E-state index contributed by atoms with van der Waals surface area (Å²) in [6.07, 6.45) is 0. The third-order valence-corrected chi connectivity index (χ3v) is 6.96. The van der Waals surface area contributed by atoms with Crippen molar-refractivity contribution < 1.29 is 4.79 Å². The Bertz CT molecular complexity index is 936. The zero-order valence-electron chi connectivity index (χ0n) is 13.6. The molecule has 0 atom stereocenters. The van der Waals surface area contributed by atoms with E-state index in [0.717, 1.165) is 27.7 Å². The molecule has 0 saturated heterocycles. The standard InChI is InChI=1S/C19H16N2OS3/c1-2-23-13-7-5-6-12(10-13)18(22)21-19-20-17-14-8-3-4-9-15(14)24-11-16(17)25-19/h3-10H,2,11H2,1H3,(H,20,21,22). The van der Waals surface area contributed by atoms with Crippen LogP contribution in [0.1, 0.15) is 22.2 Å². The number of aromatic nitrogens is 1. The molecule has 0 unspecified atom stereocenters. The quantitative estimate of drug-likeness (QED) is 0.579. The fourth-order valence-corrected chi connectivity index (χ4v) is 5.52. The molecular formula is C19H16N2OS3. The van der Waals surface area contributed by atoms with E-state index in [9.17, 15) is 4.79 Å². The molecule has 4 rings (SSSR count). The molecule has 0 radical (unpaired) electrons. The number of hydrogen-bond acceptors (Lipinski definition) is 5. The van der Waals surface area contributed by atoms with Crippen LogP contribution in [0.15, 0.2) is 58.3 Å². The predicted octanol–water partition coefficient (Wildman–Crippen LogP) is 5.78. The summed E-state index contributed by atoms with van der Waals surface area (Å²) in [5, 5.41) is 3.63. The third-order valence-electron chi connectivity index (χ3n) is 3.83. The van der Waals surface area contributed by atoms with E-state index in [2.05, 4.69) is 29.4 Å². The molecule has 0 bridgehead atoms. The van der Waals surface area contributed by atoms with Gasteiger partial charge in [0.1, 0.15) is 0 Å². The molecule has 2 aromatic carbocycles. The van der Waals surface area contributed by atoms with Gasteiger partial charge in [0, 0.05) is 31.5 Å². The second kappa shape index (κ2) is 7.23. The molecule has 0 fully saturated rings. The zero-order chi connectivity index (χ0) is 17.2. The number of benzene rings is 2. The number of anilines is 1. The van der Waals surface area contributed by atoms with E-state index in [-0.39, 0.29) is 5.91 Å². The first kappa shape index (κ1) is 16.7. The van der Waals surface area contributed by atoms with Crippen molar-refractivity contribution in [3.8, 4) is 11.3 Å². The predicted molar refractivity (Wildman–Crippen MR) is 108 cm³/mol. The Balaban J connectivity index is 1.58. The Morgan fingerprint density at radius 3 is 3.00 bits per heavy atom. The summed E-state index contributed by atoms with van der Waals surface area (Å²) in [5.74, 6) is 1.79. The summed E-state index contributed by atoms with van der Waals surface area (Å²) >= 11 is 5.12. The minimum absolute atomic E-state index is 0.106. The highest BCUT2D eigenvalue weighted by atomic mass is 32.2. The molecule has 126 valence electrons. The molecule has 25 heavy (non-hydrogen) atoms. The van der Waals surface area contributed by atoms with E-state index in [1.807, 2.05) is 48.2 Å². The van der Waals surface area contributed by atoms with E-state index >= 15 is 0 Å². The summed E-state index contributed by atoms with van der Waals surface area (Å²) < 4.78 is 0. The minimum atomic E-state index is -0.106. The number of nitrogens with zero attached hydrogens (tertiary/aromatic N) is 1. The van der Waals surface area contributed by atoms with Crippen LogP contribution in [0.4, 0.5) is 5.13 Å². The Morgan fingerprint density at radius 2 is 2.12 bits per heavy atom. The number of carbonyl (C=O) groups excluding carboxylic acids is 1. The number of hydrogen-bond donors (Lipinski definition) is 1. The maximum atomic E-state index is 12.6. The van der Waals surface area contributed by atoms with Gasteiger partial charge in [0.15, 0.2) is 5.13 Å². The van der Waals surface area contributed by atoms with Gasteiger partial charge in [-0.15, -0.1) is 34.9 Å². The molecule has 0 saturated carbocycles. The SMILES string of the molecule is CCSc1cccc(C(=O)Nc2nc3c(s2)CSc2ccccc2-3)c1. The lowest BCUT2D eigenvalue weighted by Crippen LogP contribution is -2.11. The minimum Gasteiger partial charge on any atom is -0.298 e. The molecule has 3 aromatic rings. The number of thioether (sulfide) groups is 2. The van der Waals surface area contributed by atoms with Gasteiger partial charge in [-0.3, -0.25) is 10.1 Å². The summed E-state index contributed by atoms with van der Waals surface area (Å²) in [4.78, 5) is 20.8. The summed E-state index contributed by atoms with van der Waals surface area (Å²) in [7, 11) is 0. The fourth-order valence-electron chi connectivity index (χ4n) is 2.71. The molecule has 1 aromatic heterocycles. The molecule has 1 amide bonds. The average Bonchev–Trinajstić information content (AvgIpc) is 3.05. The zero-order valence-corrected chi connectivity index (χ0v) is 16.1. The van der Waals surface area contributed by atoms with Gasteiger partial charge in [0.05, 0.1) is 5.69 Å². The highest BCUT2D eigenvalue weighted by Gasteiger charge is 2.21. The Kier molecular flexibility index (Phi) is 4.83. The summed E-state index contributed by atoms with van der Waals surface area (Å²) in [6.45, 7) is 2.10. The first-order valence-corrected chi connectivity index (χ1v) is 10.8. The smallest absolute Gasteiger partial charge is 0.257 e. The van der Waals surface area contributed by atoms with Gasteiger partial charge < -0.3 is 0 Å². The highest BCUT2D eigenvalue weighted by molar-refractivity contribution is 7.99. The number of carbonyl (C=O) groups is 1. The van der Waals surface area contributed by atoms with Crippen molar-refractivity contribution in [1.82, 2.24) is 4.98 Å². The first-order chi connectivity index (χ1) is 12.2. The van der Waals surface area contributed by atoms with Crippen molar-refractivity contribution in [2.75, 3.05) is 11.1 Å². The lowest BCUT2D eigenvalue weighted by atomic mass is 10.1. The van der Waals surface area contributed by atoms with Gasteiger partial charge in [0.2, 0.25) is 0 Å². The maximum Gasteiger partial charge on any atom is 0.257 e. The summed E-state index contributed by atoms with van der Waals surface area (Å²) in [5.41, 5.74) is 2.83. The van der Waals surface area contributed by atoms with E-state index in [1.165, 1.54) is 9.77 Å². The lowest BCUT2D eigenvalue weighted by Gasteiger charge is -2.13. The van der Waals surface area contributed by atoms with Crippen LogP contribution in [-0.2, 0) is 5.75 Å². The topological polar surface area (TPSA) is 42.0 Å². The van der Waals surface area contributed by atoms with Gasteiger partial charge in [-0.25, -0.2) is 4.98 Å². The summed E-state index contributed by atoms with van der Waals surface area (Å²) in [6, 6.07) is 16.0. The number of nitrogens with one attached hydrogen (secondary N) is 1. The van der Waals surface area contributed by atoms with Crippen molar-refractivity contribution in [3.05, 3.63) is 59.0 Å². The van der Waals surface area contributed by atoms with E-state index < -0.39 is 0 Å². The Labute approximate surface area is 159 Å². The van der Waals surface area contributed by atoms with Crippen LogP contribution in [0.2, 0.25) is 0 Å². The fraction of sp³-hybridized carbons (Fsp3) is 0.158. The van der Waals surface area contributed by atoms with Crippen LogP contribution in [0.3, 0.4) is 0 Å². The molecule has 6 heteroatoms. The van der Waals surface area contributed by atoms with Crippen LogP contribution in [0.5, 0.6) is 0 Å². The molecule has 3 nitrogen and oxygen atoms in total. The number of amides is 1. The van der Waals surface area contributed by atoms with Crippen molar-refractivity contribution in [1.29, 1.82) is 0 Å². The molecule has 1 aliphatic rings. The monoisotopic (exact) mass is 384 g/mol. The molecule has 0 aliphatic carbocycles. The van der Waals surface area contributed by atoms with Gasteiger partial charge >= 0.3 is 0 Å². The van der Waals surface area contributed by atoms with Gasteiger partial charge in [0.25, 0.3) is 5.91 Å². The van der Waals surface area contributed by atoms with Crippen molar-refractivity contribution in [2.45, 2.75) is 22.5 Å². The van der Waals surface area contributed by atoms with Gasteiger partial charge in [-0.05, 0) is 30.0 Å². The molecular weight excluding hydrogens is 368 g/mol. The van der Waals surface area contributed by atoms with Crippen molar-refractivity contribution in [2.24, 2.45) is 0 Å². The van der Waals surface area contributed by atoms with Gasteiger partial charge in [-0.2, -0.15) is 0 Å². The first-order valence-electron chi connectivity index (χ1n) is 8.00. The number of rotatable bonds is 4. The molecule has 1 N–H and O–H groups in total. The highest BCUT2D eigenvalue weighted by Crippen LogP contribution is 2.44. The molecule has 0 spiro atoms. The number of fused-ring (bicyclic) bond motifs is 3. The normalized spacial score (nSPS) is 12.4. The van der Waals surface area contributed by atoms with Crippen LogP contribution >= 0.6 is 34.9 Å². The third kappa shape index (κ3) is 3.47. The Morgan fingerprint density at radius 1 is 1.24 bits per heavy atom. The molecule has 2 heterocycles. The van der Waals surface area contributed by atoms with E-state index in [1.54, 1.807) is 23.1 Å². The van der Waals surface area contributed by atoms with E-state index in [4.69, 9.17) is 0 Å². The van der Waals surface area contributed by atoms with Crippen LogP contribution in [-0.4, -0.2) is 16.6 Å². The second-order valence-corrected chi connectivity index (χ2v) is 8.93.